The molecule has 3 heterocycles. The van der Waals surface area contributed by atoms with Crippen LogP contribution in [0, 0.1) is 0 Å². The molecule has 5 rings (SSSR count). The topological polar surface area (TPSA) is 69.3 Å². The molecular weight excluding hydrogens is 519 g/mol. The number of nitrogens with zero attached hydrogens (tertiary/aromatic N) is 3. The Morgan fingerprint density at radius 3 is 2.56 bits per heavy atom. The zero-order chi connectivity index (χ0) is 23.9. The molecular formula is C22H21BrF3N5O3. The maximum atomic E-state index is 14.3. The van der Waals surface area contributed by atoms with Crippen LogP contribution in [0.4, 0.5) is 24.5 Å². The fraction of sp³-hybridized carbons (Fsp3) is 0.318. The predicted octanol–water partition coefficient (Wildman–Crippen LogP) is 3.54. The lowest BCUT2D eigenvalue weighted by atomic mass is 10.0. The number of fused-ring (bicyclic) bond motifs is 2. The number of hydrogen-bond donors (Lipinski definition) is 2. The number of halogens is 4. The van der Waals surface area contributed by atoms with E-state index in [1.165, 1.54) is 5.01 Å². The van der Waals surface area contributed by atoms with E-state index in [-0.39, 0.29) is 29.5 Å². The van der Waals surface area contributed by atoms with Crippen molar-refractivity contribution in [3.8, 4) is 5.75 Å². The fourth-order valence-corrected chi connectivity index (χ4v) is 4.66. The highest BCUT2D eigenvalue weighted by Gasteiger charge is 2.47. The number of carbonyl (C=O) groups excluding carboxylic acids is 1. The van der Waals surface area contributed by atoms with Crippen LogP contribution >= 0.6 is 15.9 Å². The van der Waals surface area contributed by atoms with Gasteiger partial charge in [0.2, 0.25) is 0 Å². The monoisotopic (exact) mass is 539 g/mol. The van der Waals surface area contributed by atoms with Crippen molar-refractivity contribution in [2.75, 3.05) is 49.9 Å². The summed E-state index contributed by atoms with van der Waals surface area (Å²) < 4.78 is 54.3. The number of hydrazine groups is 2. The van der Waals surface area contributed by atoms with Gasteiger partial charge in [-0.15, -0.1) is 13.2 Å². The molecule has 8 nitrogen and oxygen atoms in total. The fourth-order valence-electron chi connectivity index (χ4n) is 4.20. The number of para-hydroxylation sites is 3. The molecule has 3 aliphatic rings. The first kappa shape index (κ1) is 22.7. The van der Waals surface area contributed by atoms with Gasteiger partial charge in [-0.2, -0.15) is 5.01 Å². The lowest BCUT2D eigenvalue weighted by Crippen LogP contribution is -2.54. The number of ether oxygens (including phenoxy) is 2. The van der Waals surface area contributed by atoms with Crippen molar-refractivity contribution in [2.45, 2.75) is 6.30 Å². The number of carbonyl (C=O) groups is 1. The summed E-state index contributed by atoms with van der Waals surface area (Å²) in [5, 5.41) is 1.49. The second kappa shape index (κ2) is 8.91. The van der Waals surface area contributed by atoms with E-state index in [0.717, 1.165) is 0 Å². The summed E-state index contributed by atoms with van der Waals surface area (Å²) in [5.74, 6) is -0.353. The highest BCUT2D eigenvalue weighted by atomic mass is 79.9. The molecule has 2 aromatic rings. The van der Waals surface area contributed by atoms with Gasteiger partial charge in [0, 0.05) is 23.1 Å². The Kier molecular flexibility index (Phi) is 5.94. The summed E-state index contributed by atoms with van der Waals surface area (Å²) in [6.45, 7) is 1.96. The SMILES string of the molecule is O=C(NN1CCOc2ccccc21)C1=C(N2CCOCC2)c2cccc(Br)c2NN1C(F)(F)F. The molecule has 0 unspecified atom stereocenters. The van der Waals surface area contributed by atoms with Gasteiger partial charge < -0.3 is 14.4 Å². The maximum absolute atomic E-state index is 14.3. The first-order chi connectivity index (χ1) is 16.3. The highest BCUT2D eigenvalue weighted by Crippen LogP contribution is 2.43. The quantitative estimate of drug-likeness (QED) is 0.578. The van der Waals surface area contributed by atoms with E-state index in [2.05, 4.69) is 26.8 Å². The van der Waals surface area contributed by atoms with Gasteiger partial charge in [-0.3, -0.25) is 20.7 Å². The van der Waals surface area contributed by atoms with Gasteiger partial charge in [-0.1, -0.05) is 24.3 Å². The molecule has 34 heavy (non-hydrogen) atoms. The molecule has 1 amide bonds. The standard InChI is InChI=1S/C22H21BrF3N5O3/c23-15-5-3-4-14-18(15)27-31(22(24,25)26)20(19(14)29-8-11-33-12-9-29)21(32)28-30-10-13-34-17-7-2-1-6-16(17)30/h1-7,27H,8-13H2,(H,28,32). The van der Waals surface area contributed by atoms with Gasteiger partial charge in [0.1, 0.15) is 12.4 Å². The van der Waals surface area contributed by atoms with E-state index in [1.807, 2.05) is 0 Å². The Morgan fingerprint density at radius 1 is 1.03 bits per heavy atom. The van der Waals surface area contributed by atoms with Crippen LogP contribution in [0.1, 0.15) is 5.56 Å². The zero-order valence-corrected chi connectivity index (χ0v) is 19.4. The minimum absolute atomic E-state index is 0.0213. The number of hydrogen-bond acceptors (Lipinski definition) is 7. The molecule has 0 radical (unpaired) electrons. The predicted molar refractivity (Wildman–Crippen MR) is 122 cm³/mol. The summed E-state index contributed by atoms with van der Waals surface area (Å²) in [4.78, 5) is 15.3. The summed E-state index contributed by atoms with van der Waals surface area (Å²) in [6.07, 6.45) is -4.87. The molecule has 180 valence electrons. The smallest absolute Gasteiger partial charge is 0.489 e. The van der Waals surface area contributed by atoms with E-state index in [9.17, 15) is 18.0 Å². The number of benzene rings is 2. The highest BCUT2D eigenvalue weighted by molar-refractivity contribution is 9.10. The molecule has 2 N–H and O–H groups in total. The minimum Gasteiger partial charge on any atom is -0.489 e. The number of alkyl halides is 3. The largest absolute Gasteiger partial charge is 0.503 e. The average Bonchev–Trinajstić information content (AvgIpc) is 2.83. The molecule has 0 bridgehead atoms. The van der Waals surface area contributed by atoms with Crippen molar-refractivity contribution in [3.05, 3.63) is 58.2 Å². The van der Waals surface area contributed by atoms with Crippen LogP contribution in [0.25, 0.3) is 5.70 Å². The van der Waals surface area contributed by atoms with Crippen molar-refractivity contribution >= 4 is 38.9 Å². The second-order valence-corrected chi connectivity index (χ2v) is 8.64. The summed E-state index contributed by atoms with van der Waals surface area (Å²) >= 11 is 3.34. The molecule has 0 atom stereocenters. The van der Waals surface area contributed by atoms with Crippen LogP contribution in [0.2, 0.25) is 0 Å². The van der Waals surface area contributed by atoms with Gasteiger partial charge in [0.05, 0.1) is 36.8 Å². The normalized spacial score (nSPS) is 18.1. The maximum Gasteiger partial charge on any atom is 0.503 e. The third-order valence-electron chi connectivity index (χ3n) is 5.70. The lowest BCUT2D eigenvalue weighted by Gasteiger charge is -2.41. The van der Waals surface area contributed by atoms with Crippen molar-refractivity contribution in [1.29, 1.82) is 0 Å². The molecule has 0 saturated carbocycles. The third kappa shape index (κ3) is 4.11. The minimum atomic E-state index is -4.87. The second-order valence-electron chi connectivity index (χ2n) is 7.78. The summed E-state index contributed by atoms with van der Waals surface area (Å²) in [5.41, 5.74) is 6.01. The van der Waals surface area contributed by atoms with Crippen LogP contribution in [-0.2, 0) is 9.53 Å². The van der Waals surface area contributed by atoms with E-state index >= 15 is 0 Å². The number of morpholine rings is 1. The Labute approximate surface area is 202 Å². The molecule has 1 fully saturated rings. The van der Waals surface area contributed by atoms with Gasteiger partial charge in [-0.05, 0) is 34.1 Å². The van der Waals surface area contributed by atoms with Crippen LogP contribution in [0.15, 0.2) is 52.6 Å². The molecule has 0 aromatic heterocycles. The lowest BCUT2D eigenvalue weighted by molar-refractivity contribution is -0.224. The van der Waals surface area contributed by atoms with Crippen LogP contribution < -0.4 is 20.6 Å². The van der Waals surface area contributed by atoms with Gasteiger partial charge in [-0.25, -0.2) is 0 Å². The average molecular weight is 540 g/mol. The van der Waals surface area contributed by atoms with E-state index in [0.29, 0.717) is 47.8 Å². The molecule has 2 aromatic carbocycles. The van der Waals surface area contributed by atoms with Crippen molar-refractivity contribution < 1.29 is 27.4 Å². The number of nitrogens with one attached hydrogen (secondary N) is 2. The zero-order valence-electron chi connectivity index (χ0n) is 17.9. The molecule has 1 saturated heterocycles. The van der Waals surface area contributed by atoms with Gasteiger partial charge >= 0.3 is 6.30 Å². The molecule has 3 aliphatic heterocycles. The first-order valence-corrected chi connectivity index (χ1v) is 11.4. The van der Waals surface area contributed by atoms with E-state index < -0.39 is 17.9 Å². The number of rotatable bonds is 3. The van der Waals surface area contributed by atoms with Crippen LogP contribution in [-0.4, -0.2) is 61.6 Å². The molecule has 0 aliphatic carbocycles. The summed E-state index contributed by atoms with van der Waals surface area (Å²) in [7, 11) is 0. The van der Waals surface area contributed by atoms with Gasteiger partial charge in [0.25, 0.3) is 5.91 Å². The van der Waals surface area contributed by atoms with Crippen LogP contribution in [0.5, 0.6) is 5.75 Å². The first-order valence-electron chi connectivity index (χ1n) is 10.6. The van der Waals surface area contributed by atoms with Crippen molar-refractivity contribution in [2.24, 2.45) is 0 Å². The Bertz CT molecular complexity index is 1140. The van der Waals surface area contributed by atoms with Crippen LogP contribution in [0.3, 0.4) is 0 Å². The number of amides is 1. The summed E-state index contributed by atoms with van der Waals surface area (Å²) in [6, 6.07) is 12.1. The molecule has 12 heteroatoms. The Balaban J connectivity index is 1.62. The van der Waals surface area contributed by atoms with E-state index in [1.54, 1.807) is 47.4 Å². The third-order valence-corrected chi connectivity index (χ3v) is 6.36. The Morgan fingerprint density at radius 2 is 1.79 bits per heavy atom. The van der Waals surface area contributed by atoms with Crippen molar-refractivity contribution in [1.82, 2.24) is 15.3 Å². The molecule has 0 spiro atoms. The van der Waals surface area contributed by atoms with Crippen molar-refractivity contribution in [3.63, 3.8) is 0 Å². The Hall–Kier alpha value is -3.12. The van der Waals surface area contributed by atoms with E-state index in [4.69, 9.17) is 9.47 Å². The number of anilines is 2. The van der Waals surface area contributed by atoms with Gasteiger partial charge in [0.15, 0.2) is 5.70 Å².